The van der Waals surface area contributed by atoms with E-state index in [-0.39, 0.29) is 6.29 Å². The molecule has 128 valence electrons. The van der Waals surface area contributed by atoms with E-state index in [1.165, 1.54) is 0 Å². The molecule has 1 aromatic rings. The minimum Gasteiger partial charge on any atom is -0.350 e. The quantitative estimate of drug-likeness (QED) is 0.827. The van der Waals surface area contributed by atoms with Crippen molar-refractivity contribution in [2.75, 3.05) is 26.3 Å². The van der Waals surface area contributed by atoms with E-state index < -0.39 is 10.0 Å². The van der Waals surface area contributed by atoms with E-state index in [4.69, 9.17) is 9.47 Å². The van der Waals surface area contributed by atoms with Crippen molar-refractivity contribution >= 4 is 10.0 Å². The lowest BCUT2D eigenvalue weighted by atomic mass is 9.93. The molecule has 2 aliphatic rings. The Bertz CT molecular complexity index is 600. The number of aryl methyl sites for hydroxylation is 1. The number of hydrogen-bond acceptors (Lipinski definition) is 4. The molecule has 0 amide bonds. The van der Waals surface area contributed by atoms with E-state index >= 15 is 0 Å². The standard InChI is InChI=1S/C17H25NO4S/c1-14-2-5-16(6-3-14)23(19,20)18-10-8-15(9-11-18)4-7-17-21-12-13-22-17/h2-3,5-6,15,17H,4,7-13H2,1H3. The smallest absolute Gasteiger partial charge is 0.243 e. The highest BCUT2D eigenvalue weighted by molar-refractivity contribution is 7.89. The first-order valence-corrected chi connectivity index (χ1v) is 9.80. The van der Waals surface area contributed by atoms with Crippen LogP contribution in [0.2, 0.25) is 0 Å². The highest BCUT2D eigenvalue weighted by Crippen LogP contribution is 2.27. The number of benzene rings is 1. The molecule has 0 saturated carbocycles. The Morgan fingerprint density at radius 3 is 2.26 bits per heavy atom. The minimum atomic E-state index is -3.35. The Balaban J connectivity index is 1.52. The molecule has 0 aliphatic carbocycles. The Morgan fingerprint density at radius 1 is 1.04 bits per heavy atom. The Morgan fingerprint density at radius 2 is 1.65 bits per heavy atom. The van der Waals surface area contributed by atoms with Crippen LogP contribution in [-0.4, -0.2) is 45.3 Å². The van der Waals surface area contributed by atoms with Crippen molar-refractivity contribution < 1.29 is 17.9 Å². The molecule has 2 aliphatic heterocycles. The van der Waals surface area contributed by atoms with Crippen LogP contribution >= 0.6 is 0 Å². The van der Waals surface area contributed by atoms with Crippen LogP contribution in [0.25, 0.3) is 0 Å². The van der Waals surface area contributed by atoms with Crippen LogP contribution in [0.4, 0.5) is 0 Å². The molecule has 6 heteroatoms. The van der Waals surface area contributed by atoms with Crippen LogP contribution in [0.5, 0.6) is 0 Å². The number of hydrogen-bond donors (Lipinski definition) is 0. The summed E-state index contributed by atoms with van der Waals surface area (Å²) in [5, 5.41) is 0. The predicted octanol–water partition coefficient (Wildman–Crippen LogP) is 2.55. The van der Waals surface area contributed by atoms with Crippen LogP contribution < -0.4 is 0 Å². The second-order valence-corrected chi connectivity index (χ2v) is 8.35. The molecule has 0 N–H and O–H groups in total. The molecular weight excluding hydrogens is 314 g/mol. The van der Waals surface area contributed by atoms with E-state index in [1.54, 1.807) is 16.4 Å². The fraction of sp³-hybridized carbons (Fsp3) is 0.647. The van der Waals surface area contributed by atoms with E-state index in [1.807, 2.05) is 19.1 Å². The van der Waals surface area contributed by atoms with Crippen LogP contribution in [0.1, 0.15) is 31.2 Å². The maximum absolute atomic E-state index is 12.7. The maximum Gasteiger partial charge on any atom is 0.243 e. The van der Waals surface area contributed by atoms with Crippen LogP contribution in [0.15, 0.2) is 29.2 Å². The third kappa shape index (κ3) is 4.12. The zero-order valence-electron chi connectivity index (χ0n) is 13.6. The lowest BCUT2D eigenvalue weighted by molar-refractivity contribution is -0.0510. The molecule has 5 nitrogen and oxygen atoms in total. The SMILES string of the molecule is Cc1ccc(S(=O)(=O)N2CCC(CCC3OCCO3)CC2)cc1. The van der Waals surface area contributed by atoms with Gasteiger partial charge in [0.1, 0.15) is 0 Å². The molecule has 3 rings (SSSR count). The second-order valence-electron chi connectivity index (χ2n) is 6.41. The van der Waals surface area contributed by atoms with E-state index in [0.717, 1.165) is 31.2 Å². The van der Waals surface area contributed by atoms with Gasteiger partial charge in [0.25, 0.3) is 0 Å². The largest absolute Gasteiger partial charge is 0.350 e. The van der Waals surface area contributed by atoms with E-state index in [9.17, 15) is 8.42 Å². The van der Waals surface area contributed by atoms with Crippen LogP contribution in [0, 0.1) is 12.8 Å². The first-order valence-electron chi connectivity index (χ1n) is 8.36. The van der Waals surface area contributed by atoms with Gasteiger partial charge in [0, 0.05) is 13.1 Å². The van der Waals surface area contributed by atoms with Gasteiger partial charge in [-0.15, -0.1) is 0 Å². The van der Waals surface area contributed by atoms with Crippen molar-refractivity contribution in [3.05, 3.63) is 29.8 Å². The number of sulfonamides is 1. The highest BCUT2D eigenvalue weighted by atomic mass is 32.2. The van der Waals surface area contributed by atoms with Gasteiger partial charge in [-0.05, 0) is 50.7 Å². The molecule has 0 bridgehead atoms. The second kappa shape index (κ2) is 7.30. The average molecular weight is 339 g/mol. The molecule has 2 heterocycles. The van der Waals surface area contributed by atoms with Gasteiger partial charge in [-0.2, -0.15) is 4.31 Å². The van der Waals surface area contributed by atoms with Crippen molar-refractivity contribution in [3.63, 3.8) is 0 Å². The molecule has 0 radical (unpaired) electrons. The average Bonchev–Trinajstić information content (AvgIpc) is 3.07. The van der Waals surface area contributed by atoms with Gasteiger partial charge in [-0.3, -0.25) is 0 Å². The van der Waals surface area contributed by atoms with Gasteiger partial charge in [0.15, 0.2) is 6.29 Å². The van der Waals surface area contributed by atoms with Crippen molar-refractivity contribution in [1.29, 1.82) is 0 Å². The summed E-state index contributed by atoms with van der Waals surface area (Å²) < 4.78 is 37.9. The van der Waals surface area contributed by atoms with E-state index in [2.05, 4.69) is 0 Å². The van der Waals surface area contributed by atoms with E-state index in [0.29, 0.717) is 37.1 Å². The molecule has 0 spiro atoms. The van der Waals surface area contributed by atoms with Gasteiger partial charge < -0.3 is 9.47 Å². The molecule has 0 unspecified atom stereocenters. The number of nitrogens with zero attached hydrogens (tertiary/aromatic N) is 1. The van der Waals surface area contributed by atoms with Crippen molar-refractivity contribution in [3.8, 4) is 0 Å². The third-order valence-electron chi connectivity index (χ3n) is 4.73. The monoisotopic (exact) mass is 339 g/mol. The van der Waals surface area contributed by atoms with Gasteiger partial charge in [0.2, 0.25) is 10.0 Å². The summed E-state index contributed by atoms with van der Waals surface area (Å²) >= 11 is 0. The normalized spacial score (nSPS) is 21.8. The number of piperidine rings is 1. The number of ether oxygens (including phenoxy) is 2. The maximum atomic E-state index is 12.7. The molecule has 23 heavy (non-hydrogen) atoms. The summed E-state index contributed by atoms with van der Waals surface area (Å²) in [5.74, 6) is 0.562. The van der Waals surface area contributed by atoms with Gasteiger partial charge in [-0.25, -0.2) is 8.42 Å². The molecule has 2 fully saturated rings. The Kier molecular flexibility index (Phi) is 5.36. The fourth-order valence-corrected chi connectivity index (χ4v) is 4.71. The van der Waals surface area contributed by atoms with Gasteiger partial charge in [-0.1, -0.05) is 17.7 Å². The first-order chi connectivity index (χ1) is 11.1. The number of rotatable bonds is 5. The third-order valence-corrected chi connectivity index (χ3v) is 6.65. The summed E-state index contributed by atoms with van der Waals surface area (Å²) in [6, 6.07) is 7.10. The van der Waals surface area contributed by atoms with Gasteiger partial charge in [0.05, 0.1) is 18.1 Å². The molecule has 1 aromatic carbocycles. The Labute approximate surface area is 138 Å². The summed E-state index contributed by atoms with van der Waals surface area (Å²) in [7, 11) is -3.35. The molecule has 2 saturated heterocycles. The highest BCUT2D eigenvalue weighted by Gasteiger charge is 2.29. The molecule has 0 atom stereocenters. The lowest BCUT2D eigenvalue weighted by Crippen LogP contribution is -2.38. The minimum absolute atomic E-state index is 0.0516. The molecular formula is C17H25NO4S. The van der Waals surface area contributed by atoms with Crippen molar-refractivity contribution in [2.45, 2.75) is 43.8 Å². The van der Waals surface area contributed by atoms with Crippen molar-refractivity contribution in [1.82, 2.24) is 4.31 Å². The first kappa shape index (κ1) is 16.9. The zero-order chi connectivity index (χ0) is 16.3. The summed E-state index contributed by atoms with van der Waals surface area (Å²) in [6.45, 7) is 4.55. The summed E-state index contributed by atoms with van der Waals surface area (Å²) in [5.41, 5.74) is 1.07. The summed E-state index contributed by atoms with van der Waals surface area (Å²) in [6.07, 6.45) is 3.73. The van der Waals surface area contributed by atoms with Gasteiger partial charge >= 0.3 is 0 Å². The fourth-order valence-electron chi connectivity index (χ4n) is 3.24. The lowest BCUT2D eigenvalue weighted by Gasteiger charge is -2.31. The van der Waals surface area contributed by atoms with Crippen LogP contribution in [0.3, 0.4) is 0 Å². The molecule has 0 aromatic heterocycles. The topological polar surface area (TPSA) is 55.8 Å². The Hall–Kier alpha value is -0.950. The van der Waals surface area contributed by atoms with Crippen molar-refractivity contribution in [2.24, 2.45) is 5.92 Å². The summed E-state index contributed by atoms with van der Waals surface area (Å²) in [4.78, 5) is 0.398. The van der Waals surface area contributed by atoms with Crippen LogP contribution in [-0.2, 0) is 19.5 Å². The zero-order valence-corrected chi connectivity index (χ0v) is 14.4. The predicted molar refractivity (Wildman–Crippen MR) is 87.6 cm³/mol.